The third-order valence-corrected chi connectivity index (χ3v) is 4.85. The summed E-state index contributed by atoms with van der Waals surface area (Å²) in [4.78, 5) is 12.7. The van der Waals surface area contributed by atoms with Gasteiger partial charge in [-0.25, -0.2) is 0 Å². The number of aromatic nitrogens is 2. The second-order valence-corrected chi connectivity index (χ2v) is 6.66. The Balaban J connectivity index is 1.54. The molecule has 0 fully saturated rings. The second kappa shape index (κ2) is 7.56. The summed E-state index contributed by atoms with van der Waals surface area (Å²) in [5.74, 6) is 0.595. The molecule has 0 bridgehead atoms. The molecule has 0 saturated heterocycles. The summed E-state index contributed by atoms with van der Waals surface area (Å²) in [5, 5.41) is 12.5. The van der Waals surface area contributed by atoms with Crippen molar-refractivity contribution in [3.63, 3.8) is 0 Å². The monoisotopic (exact) mass is 371 g/mol. The van der Waals surface area contributed by atoms with E-state index in [-0.39, 0.29) is 11.9 Å². The van der Waals surface area contributed by atoms with Gasteiger partial charge in [-0.15, -0.1) is 0 Å². The number of aromatic amines is 1. The molecule has 0 unspecified atom stereocenters. The van der Waals surface area contributed by atoms with Gasteiger partial charge in [-0.2, -0.15) is 5.10 Å². The van der Waals surface area contributed by atoms with E-state index in [4.69, 9.17) is 4.74 Å². The zero-order valence-electron chi connectivity index (χ0n) is 15.8. The molecular weight excluding hydrogens is 350 g/mol. The quantitative estimate of drug-likeness (QED) is 0.533. The SMILES string of the molecule is COc1ccc([C@H](C)NC(=O)c2cc(-c3cccc4ccccc34)n[nH]2)cc1. The zero-order chi connectivity index (χ0) is 19.5. The Morgan fingerprint density at radius 2 is 1.79 bits per heavy atom. The summed E-state index contributed by atoms with van der Waals surface area (Å²) in [6.07, 6.45) is 0. The Morgan fingerprint density at radius 3 is 2.57 bits per heavy atom. The van der Waals surface area contributed by atoms with E-state index in [1.807, 2.05) is 55.5 Å². The lowest BCUT2D eigenvalue weighted by Crippen LogP contribution is -2.26. The van der Waals surface area contributed by atoms with Gasteiger partial charge < -0.3 is 10.1 Å². The van der Waals surface area contributed by atoms with Crippen LogP contribution in [0.15, 0.2) is 72.8 Å². The zero-order valence-corrected chi connectivity index (χ0v) is 15.8. The number of fused-ring (bicyclic) bond motifs is 1. The maximum atomic E-state index is 12.7. The molecule has 0 spiro atoms. The molecule has 5 nitrogen and oxygen atoms in total. The molecule has 140 valence electrons. The number of rotatable bonds is 5. The molecule has 5 heteroatoms. The number of benzene rings is 3. The van der Waals surface area contributed by atoms with Crippen LogP contribution in [0, 0.1) is 0 Å². The summed E-state index contributed by atoms with van der Waals surface area (Å²) in [7, 11) is 1.63. The van der Waals surface area contributed by atoms with Crippen molar-refractivity contribution in [3.05, 3.63) is 84.1 Å². The van der Waals surface area contributed by atoms with Crippen molar-refractivity contribution >= 4 is 16.7 Å². The van der Waals surface area contributed by atoms with Crippen LogP contribution in [-0.4, -0.2) is 23.2 Å². The first-order valence-electron chi connectivity index (χ1n) is 9.14. The molecule has 2 N–H and O–H groups in total. The average Bonchev–Trinajstić information content (AvgIpc) is 3.23. The smallest absolute Gasteiger partial charge is 0.269 e. The number of hydrogen-bond donors (Lipinski definition) is 2. The summed E-state index contributed by atoms with van der Waals surface area (Å²) < 4.78 is 5.17. The lowest BCUT2D eigenvalue weighted by atomic mass is 10.0. The van der Waals surface area contributed by atoms with Crippen LogP contribution in [0.5, 0.6) is 5.75 Å². The minimum Gasteiger partial charge on any atom is -0.497 e. The molecule has 1 aromatic heterocycles. The molecule has 0 radical (unpaired) electrons. The number of hydrogen-bond acceptors (Lipinski definition) is 3. The largest absolute Gasteiger partial charge is 0.497 e. The van der Waals surface area contributed by atoms with Crippen molar-refractivity contribution < 1.29 is 9.53 Å². The van der Waals surface area contributed by atoms with Gasteiger partial charge in [0, 0.05) is 5.56 Å². The molecule has 3 aromatic carbocycles. The Kier molecular flexibility index (Phi) is 4.81. The first-order valence-corrected chi connectivity index (χ1v) is 9.14. The van der Waals surface area contributed by atoms with Gasteiger partial charge in [-0.1, -0.05) is 54.6 Å². The highest BCUT2D eigenvalue weighted by molar-refractivity contribution is 5.98. The van der Waals surface area contributed by atoms with Crippen LogP contribution < -0.4 is 10.1 Å². The highest BCUT2D eigenvalue weighted by atomic mass is 16.5. The van der Waals surface area contributed by atoms with Crippen molar-refractivity contribution in [1.29, 1.82) is 0 Å². The third kappa shape index (κ3) is 3.47. The van der Waals surface area contributed by atoms with Crippen LogP contribution >= 0.6 is 0 Å². The van der Waals surface area contributed by atoms with Gasteiger partial charge >= 0.3 is 0 Å². The van der Waals surface area contributed by atoms with E-state index >= 15 is 0 Å². The molecule has 0 aliphatic carbocycles. The molecule has 28 heavy (non-hydrogen) atoms. The summed E-state index contributed by atoms with van der Waals surface area (Å²) in [5.41, 5.74) is 3.18. The van der Waals surface area contributed by atoms with Crippen LogP contribution in [-0.2, 0) is 0 Å². The normalized spacial score (nSPS) is 11.9. The first-order chi connectivity index (χ1) is 13.7. The van der Waals surface area contributed by atoms with Gasteiger partial charge in [0.05, 0.1) is 18.8 Å². The molecule has 0 aliphatic rings. The first kappa shape index (κ1) is 17.8. The number of methoxy groups -OCH3 is 1. The maximum Gasteiger partial charge on any atom is 0.269 e. The van der Waals surface area contributed by atoms with Crippen LogP contribution in [0.25, 0.3) is 22.0 Å². The Bertz CT molecular complexity index is 1110. The Labute approximate surface area is 163 Å². The predicted molar refractivity (Wildman–Crippen MR) is 110 cm³/mol. The molecule has 4 rings (SSSR count). The highest BCUT2D eigenvalue weighted by Crippen LogP contribution is 2.27. The van der Waals surface area contributed by atoms with Gasteiger partial charge in [0.2, 0.25) is 0 Å². The predicted octanol–water partition coefficient (Wildman–Crippen LogP) is 4.73. The fraction of sp³-hybridized carbons (Fsp3) is 0.130. The minimum absolute atomic E-state index is 0.136. The van der Waals surface area contributed by atoms with Crippen LogP contribution in [0.3, 0.4) is 0 Å². The van der Waals surface area contributed by atoms with E-state index in [1.165, 1.54) is 0 Å². The van der Waals surface area contributed by atoms with E-state index in [2.05, 4.69) is 33.7 Å². The molecule has 1 amide bonds. The third-order valence-electron chi connectivity index (χ3n) is 4.85. The number of carbonyl (C=O) groups excluding carboxylic acids is 1. The summed E-state index contributed by atoms with van der Waals surface area (Å²) in [6.45, 7) is 1.95. The van der Waals surface area contributed by atoms with E-state index < -0.39 is 0 Å². The van der Waals surface area contributed by atoms with Crippen molar-refractivity contribution in [1.82, 2.24) is 15.5 Å². The number of nitrogens with zero attached hydrogens (tertiary/aromatic N) is 1. The van der Waals surface area contributed by atoms with Gasteiger partial charge in [0.1, 0.15) is 11.4 Å². The maximum absolute atomic E-state index is 12.7. The van der Waals surface area contributed by atoms with Gasteiger partial charge in [-0.05, 0) is 41.5 Å². The fourth-order valence-electron chi connectivity index (χ4n) is 3.28. The second-order valence-electron chi connectivity index (χ2n) is 6.66. The van der Waals surface area contributed by atoms with Crippen molar-refractivity contribution in [2.24, 2.45) is 0 Å². The average molecular weight is 371 g/mol. The summed E-state index contributed by atoms with van der Waals surface area (Å²) in [6, 6.07) is 23.5. The molecule has 0 saturated carbocycles. The van der Waals surface area contributed by atoms with E-state index in [0.717, 1.165) is 33.3 Å². The molecule has 4 aromatic rings. The number of carbonyl (C=O) groups is 1. The minimum atomic E-state index is -0.192. The van der Waals surface area contributed by atoms with Gasteiger partial charge in [0.25, 0.3) is 5.91 Å². The number of ether oxygens (including phenoxy) is 1. The number of amides is 1. The standard InChI is InChI=1S/C23H21N3O2/c1-15(16-10-12-18(28-2)13-11-16)24-23(27)22-14-21(25-26-22)20-9-5-7-17-6-3-4-8-19(17)20/h3-15H,1-2H3,(H,24,27)(H,25,26)/t15-/m0/s1. The van der Waals surface area contributed by atoms with E-state index in [0.29, 0.717) is 5.69 Å². The topological polar surface area (TPSA) is 67.0 Å². The highest BCUT2D eigenvalue weighted by Gasteiger charge is 2.15. The van der Waals surface area contributed by atoms with Crippen LogP contribution in [0.4, 0.5) is 0 Å². The molecular formula is C23H21N3O2. The molecule has 0 aliphatic heterocycles. The molecule has 1 heterocycles. The van der Waals surface area contributed by atoms with E-state index in [9.17, 15) is 4.79 Å². The lowest BCUT2D eigenvalue weighted by molar-refractivity contribution is 0.0935. The fourth-order valence-corrected chi connectivity index (χ4v) is 3.28. The van der Waals surface area contributed by atoms with Gasteiger partial charge in [0.15, 0.2) is 0 Å². The van der Waals surface area contributed by atoms with Crippen LogP contribution in [0.2, 0.25) is 0 Å². The number of nitrogens with one attached hydrogen (secondary N) is 2. The van der Waals surface area contributed by atoms with E-state index in [1.54, 1.807) is 13.2 Å². The molecule has 1 atom stereocenters. The van der Waals surface area contributed by atoms with Crippen molar-refractivity contribution in [2.75, 3.05) is 7.11 Å². The summed E-state index contributed by atoms with van der Waals surface area (Å²) >= 11 is 0. The Hall–Kier alpha value is -3.60. The van der Waals surface area contributed by atoms with Crippen molar-refractivity contribution in [2.45, 2.75) is 13.0 Å². The Morgan fingerprint density at radius 1 is 1.04 bits per heavy atom. The lowest BCUT2D eigenvalue weighted by Gasteiger charge is -2.14. The van der Waals surface area contributed by atoms with Crippen LogP contribution in [0.1, 0.15) is 29.0 Å². The van der Waals surface area contributed by atoms with Crippen molar-refractivity contribution in [3.8, 4) is 17.0 Å². The van der Waals surface area contributed by atoms with Gasteiger partial charge in [-0.3, -0.25) is 9.89 Å². The number of H-pyrrole nitrogens is 1.